The highest BCUT2D eigenvalue weighted by Crippen LogP contribution is 2.23. The van der Waals surface area contributed by atoms with E-state index in [4.69, 9.17) is 5.73 Å². The molecule has 1 aliphatic heterocycles. The van der Waals surface area contributed by atoms with Gasteiger partial charge in [0.25, 0.3) is 0 Å². The quantitative estimate of drug-likeness (QED) is 0.429. The van der Waals surface area contributed by atoms with Crippen LogP contribution < -0.4 is 5.73 Å². The SMILES string of the molecule is CCS(=O)(=O)c1ccc(CN=C(N)N2CCCCCC2)s1.I. The third-order valence-corrected chi connectivity index (χ3v) is 7.04. The van der Waals surface area contributed by atoms with E-state index in [0.29, 0.717) is 16.7 Å². The maximum atomic E-state index is 11.8. The Labute approximate surface area is 153 Å². The molecule has 1 aromatic heterocycles. The number of nitrogens with zero attached hydrogens (tertiary/aromatic N) is 2. The Morgan fingerprint density at radius 3 is 2.50 bits per heavy atom. The van der Waals surface area contributed by atoms with Gasteiger partial charge in [0, 0.05) is 18.0 Å². The van der Waals surface area contributed by atoms with E-state index in [-0.39, 0.29) is 29.7 Å². The summed E-state index contributed by atoms with van der Waals surface area (Å²) in [5.74, 6) is 0.705. The van der Waals surface area contributed by atoms with Gasteiger partial charge in [-0.3, -0.25) is 0 Å². The number of rotatable bonds is 4. The molecule has 0 bridgehead atoms. The van der Waals surface area contributed by atoms with Crippen LogP contribution in [0.3, 0.4) is 0 Å². The first-order chi connectivity index (χ1) is 10.0. The number of nitrogens with two attached hydrogens (primary N) is 1. The van der Waals surface area contributed by atoms with Gasteiger partial charge in [-0.05, 0) is 25.0 Å². The number of guanidine groups is 1. The van der Waals surface area contributed by atoms with Crippen LogP contribution in [0.5, 0.6) is 0 Å². The average Bonchev–Trinajstić information content (AvgIpc) is 2.79. The van der Waals surface area contributed by atoms with Gasteiger partial charge in [0.2, 0.25) is 0 Å². The minimum atomic E-state index is -3.11. The van der Waals surface area contributed by atoms with Crippen LogP contribution in [0.25, 0.3) is 0 Å². The van der Waals surface area contributed by atoms with Gasteiger partial charge >= 0.3 is 0 Å². The highest BCUT2D eigenvalue weighted by molar-refractivity contribution is 14.0. The zero-order valence-electron chi connectivity index (χ0n) is 12.8. The number of likely N-dealkylation sites (tertiary alicyclic amines) is 1. The summed E-state index contributed by atoms with van der Waals surface area (Å²) in [6, 6.07) is 3.49. The van der Waals surface area contributed by atoms with Crippen molar-refractivity contribution in [2.75, 3.05) is 18.8 Å². The molecule has 8 heteroatoms. The molecular formula is C14H24IN3O2S2. The summed E-state index contributed by atoms with van der Waals surface area (Å²) in [6.07, 6.45) is 4.84. The lowest BCUT2D eigenvalue weighted by atomic mass is 10.2. The van der Waals surface area contributed by atoms with Gasteiger partial charge in [-0.1, -0.05) is 19.8 Å². The van der Waals surface area contributed by atoms with Gasteiger partial charge in [-0.15, -0.1) is 35.3 Å². The maximum Gasteiger partial charge on any atom is 0.191 e. The Morgan fingerprint density at radius 1 is 1.27 bits per heavy atom. The van der Waals surface area contributed by atoms with E-state index < -0.39 is 9.84 Å². The van der Waals surface area contributed by atoms with E-state index in [9.17, 15) is 8.42 Å². The largest absolute Gasteiger partial charge is 0.370 e. The topological polar surface area (TPSA) is 75.8 Å². The number of aliphatic imine (C=N–C) groups is 1. The zero-order chi connectivity index (χ0) is 15.3. The summed E-state index contributed by atoms with van der Waals surface area (Å²) < 4.78 is 24.0. The molecule has 0 spiro atoms. The van der Waals surface area contributed by atoms with E-state index in [1.54, 1.807) is 13.0 Å². The number of hydrogen-bond donors (Lipinski definition) is 1. The summed E-state index contributed by atoms with van der Waals surface area (Å²) >= 11 is 1.29. The lowest BCUT2D eigenvalue weighted by Crippen LogP contribution is -2.38. The molecule has 2 heterocycles. The van der Waals surface area contributed by atoms with Crippen molar-refractivity contribution in [2.24, 2.45) is 10.7 Å². The Hall–Kier alpha value is -0.350. The van der Waals surface area contributed by atoms with Crippen LogP contribution in [0.4, 0.5) is 0 Å². The van der Waals surface area contributed by atoms with Crippen molar-refractivity contribution < 1.29 is 8.42 Å². The number of halogens is 1. The summed E-state index contributed by atoms with van der Waals surface area (Å²) in [4.78, 5) is 7.48. The van der Waals surface area contributed by atoms with E-state index >= 15 is 0 Å². The molecule has 0 atom stereocenters. The normalized spacial score (nSPS) is 17.0. The molecule has 2 rings (SSSR count). The first-order valence-corrected chi connectivity index (χ1v) is 9.86. The Kier molecular flexibility index (Phi) is 8.12. The summed E-state index contributed by atoms with van der Waals surface area (Å²) in [5.41, 5.74) is 6.05. The maximum absolute atomic E-state index is 11.8. The lowest BCUT2D eigenvalue weighted by Gasteiger charge is -2.20. The van der Waals surface area contributed by atoms with Gasteiger partial charge in [0.1, 0.15) is 4.21 Å². The first kappa shape index (κ1) is 19.7. The summed E-state index contributed by atoms with van der Waals surface area (Å²) in [6.45, 7) is 4.04. The minimum absolute atomic E-state index is 0. The van der Waals surface area contributed by atoms with Crippen molar-refractivity contribution >= 4 is 51.1 Å². The van der Waals surface area contributed by atoms with Crippen molar-refractivity contribution in [3.8, 4) is 0 Å². The lowest BCUT2D eigenvalue weighted by molar-refractivity contribution is 0.428. The van der Waals surface area contributed by atoms with Gasteiger partial charge in [-0.25, -0.2) is 13.4 Å². The van der Waals surface area contributed by atoms with Gasteiger partial charge in [-0.2, -0.15) is 0 Å². The van der Waals surface area contributed by atoms with Gasteiger partial charge < -0.3 is 10.6 Å². The zero-order valence-corrected chi connectivity index (χ0v) is 16.8. The van der Waals surface area contributed by atoms with Crippen LogP contribution in [-0.2, 0) is 16.4 Å². The van der Waals surface area contributed by atoms with Crippen molar-refractivity contribution in [2.45, 2.75) is 43.4 Å². The van der Waals surface area contributed by atoms with Crippen LogP contribution >= 0.6 is 35.3 Å². The molecule has 0 saturated carbocycles. The fraction of sp³-hybridized carbons (Fsp3) is 0.643. The predicted octanol–water partition coefficient (Wildman–Crippen LogP) is 2.85. The highest BCUT2D eigenvalue weighted by atomic mass is 127. The van der Waals surface area contributed by atoms with E-state index in [2.05, 4.69) is 9.89 Å². The molecule has 1 fully saturated rings. The van der Waals surface area contributed by atoms with Crippen LogP contribution in [0.2, 0.25) is 0 Å². The van der Waals surface area contributed by atoms with Crippen LogP contribution in [-0.4, -0.2) is 38.1 Å². The first-order valence-electron chi connectivity index (χ1n) is 7.39. The molecule has 0 amide bonds. The second-order valence-corrected chi connectivity index (χ2v) is 8.87. The molecule has 5 nitrogen and oxygen atoms in total. The van der Waals surface area contributed by atoms with E-state index in [0.717, 1.165) is 30.8 Å². The number of hydrogen-bond acceptors (Lipinski definition) is 4. The summed E-state index contributed by atoms with van der Waals surface area (Å²) in [5, 5.41) is 0. The van der Waals surface area contributed by atoms with E-state index in [1.165, 1.54) is 24.2 Å². The molecule has 1 saturated heterocycles. The third-order valence-electron chi connectivity index (χ3n) is 3.65. The molecule has 1 aromatic rings. The monoisotopic (exact) mass is 457 g/mol. The molecule has 1 aliphatic rings. The van der Waals surface area contributed by atoms with Crippen molar-refractivity contribution in [3.05, 3.63) is 17.0 Å². The summed E-state index contributed by atoms with van der Waals surface area (Å²) in [7, 11) is -3.11. The standard InChI is InChI=1S/C14H23N3O2S2.HI/c1-2-21(18,19)13-8-7-12(20-13)11-16-14(15)17-9-5-3-4-6-10-17;/h7-8H,2-6,9-11H2,1H3,(H2,15,16);1H. The van der Waals surface area contributed by atoms with Crippen molar-refractivity contribution in [1.82, 2.24) is 4.90 Å². The molecule has 22 heavy (non-hydrogen) atoms. The number of sulfone groups is 1. The highest BCUT2D eigenvalue weighted by Gasteiger charge is 2.15. The fourth-order valence-electron chi connectivity index (χ4n) is 2.31. The van der Waals surface area contributed by atoms with Crippen LogP contribution in [0.15, 0.2) is 21.3 Å². The molecule has 0 unspecified atom stereocenters. The van der Waals surface area contributed by atoms with Crippen molar-refractivity contribution in [3.63, 3.8) is 0 Å². The smallest absolute Gasteiger partial charge is 0.191 e. The average molecular weight is 457 g/mol. The minimum Gasteiger partial charge on any atom is -0.370 e. The number of thiophene rings is 1. The molecule has 0 radical (unpaired) electrons. The van der Waals surface area contributed by atoms with Gasteiger partial charge in [0.15, 0.2) is 15.8 Å². The Morgan fingerprint density at radius 2 is 1.91 bits per heavy atom. The Balaban J connectivity index is 0.00000242. The molecular weight excluding hydrogens is 433 g/mol. The fourth-order valence-corrected chi connectivity index (χ4v) is 4.71. The van der Waals surface area contributed by atoms with Crippen LogP contribution in [0, 0.1) is 0 Å². The van der Waals surface area contributed by atoms with Crippen molar-refractivity contribution in [1.29, 1.82) is 0 Å². The van der Waals surface area contributed by atoms with E-state index in [1.807, 2.05) is 6.07 Å². The second kappa shape index (κ2) is 9.07. The molecule has 0 aliphatic carbocycles. The second-order valence-electron chi connectivity index (χ2n) is 5.20. The van der Waals surface area contributed by atoms with Gasteiger partial charge in [0.05, 0.1) is 12.3 Å². The molecule has 2 N–H and O–H groups in total. The molecule has 0 aromatic carbocycles. The predicted molar refractivity (Wildman–Crippen MR) is 103 cm³/mol. The Bertz CT molecular complexity index is 591. The molecule has 126 valence electrons. The third kappa shape index (κ3) is 5.38. The van der Waals surface area contributed by atoms with Crippen LogP contribution in [0.1, 0.15) is 37.5 Å².